The number of nitrogens with one attached hydrogen (secondary N) is 2. The van der Waals surface area contributed by atoms with Gasteiger partial charge in [-0.05, 0) is 42.7 Å². The highest BCUT2D eigenvalue weighted by Crippen LogP contribution is 2.39. The third-order valence-electron chi connectivity index (χ3n) is 4.13. The van der Waals surface area contributed by atoms with E-state index in [0.717, 1.165) is 16.6 Å². The van der Waals surface area contributed by atoms with Gasteiger partial charge in [0.2, 0.25) is 11.8 Å². The molecule has 1 aliphatic carbocycles. The number of rotatable bonds is 6. The number of carbonyl (C=O) groups is 2. The topological polar surface area (TPSA) is 58.2 Å². The fourth-order valence-corrected chi connectivity index (χ4v) is 2.91. The number of carbonyl (C=O) groups excluding carboxylic acids is 2. The van der Waals surface area contributed by atoms with Crippen molar-refractivity contribution in [3.8, 4) is 0 Å². The van der Waals surface area contributed by atoms with Crippen molar-refractivity contribution >= 4 is 33.4 Å². The van der Waals surface area contributed by atoms with Gasteiger partial charge in [0.05, 0.1) is 11.8 Å². The first-order valence-electron chi connectivity index (χ1n) is 8.01. The van der Waals surface area contributed by atoms with Gasteiger partial charge in [0.1, 0.15) is 0 Å². The summed E-state index contributed by atoms with van der Waals surface area (Å²) in [5, 5.41) is 5.78. The van der Waals surface area contributed by atoms with E-state index >= 15 is 0 Å². The van der Waals surface area contributed by atoms with Crippen molar-refractivity contribution in [3.63, 3.8) is 0 Å². The molecule has 1 aliphatic rings. The van der Waals surface area contributed by atoms with Gasteiger partial charge >= 0.3 is 0 Å². The Labute approximate surface area is 149 Å². The third kappa shape index (κ3) is 4.45. The predicted molar refractivity (Wildman–Crippen MR) is 97.5 cm³/mol. The lowest BCUT2D eigenvalue weighted by molar-refractivity contribution is -0.125. The molecule has 0 saturated heterocycles. The van der Waals surface area contributed by atoms with E-state index in [-0.39, 0.29) is 23.7 Å². The minimum Gasteiger partial charge on any atom is -0.356 e. The van der Waals surface area contributed by atoms with Crippen LogP contribution in [0.2, 0.25) is 0 Å². The Bertz CT molecular complexity index is 716. The van der Waals surface area contributed by atoms with Crippen molar-refractivity contribution < 1.29 is 9.59 Å². The zero-order valence-corrected chi connectivity index (χ0v) is 14.8. The van der Waals surface area contributed by atoms with Crippen LogP contribution in [0.15, 0.2) is 59.1 Å². The molecule has 24 heavy (non-hydrogen) atoms. The average molecular weight is 387 g/mol. The number of anilines is 1. The molecule has 1 fully saturated rings. The van der Waals surface area contributed by atoms with Crippen LogP contribution in [0, 0.1) is 11.8 Å². The van der Waals surface area contributed by atoms with Gasteiger partial charge in [0.25, 0.3) is 0 Å². The van der Waals surface area contributed by atoms with Gasteiger partial charge < -0.3 is 10.6 Å². The van der Waals surface area contributed by atoms with Crippen molar-refractivity contribution in [1.82, 2.24) is 5.32 Å². The van der Waals surface area contributed by atoms with Crippen LogP contribution in [0.4, 0.5) is 5.69 Å². The maximum absolute atomic E-state index is 12.2. The van der Waals surface area contributed by atoms with E-state index in [2.05, 4.69) is 26.6 Å². The van der Waals surface area contributed by atoms with Gasteiger partial charge in [-0.2, -0.15) is 0 Å². The molecule has 2 unspecified atom stereocenters. The molecule has 2 aromatic carbocycles. The van der Waals surface area contributed by atoms with Gasteiger partial charge in [0.15, 0.2) is 0 Å². The molecule has 1 saturated carbocycles. The number of halogens is 1. The molecule has 3 rings (SSSR count). The first-order chi connectivity index (χ1) is 11.6. The molecular weight excluding hydrogens is 368 g/mol. The van der Waals surface area contributed by atoms with Gasteiger partial charge in [-0.15, -0.1) is 0 Å². The number of hydrogen-bond acceptors (Lipinski definition) is 2. The largest absolute Gasteiger partial charge is 0.356 e. The molecular formula is C19H19BrN2O2. The third-order valence-corrected chi connectivity index (χ3v) is 4.66. The number of amides is 2. The van der Waals surface area contributed by atoms with Gasteiger partial charge in [-0.3, -0.25) is 9.59 Å². The average Bonchev–Trinajstić information content (AvgIpc) is 3.39. The zero-order chi connectivity index (χ0) is 16.9. The highest BCUT2D eigenvalue weighted by Gasteiger charge is 2.47. The fraction of sp³-hybridized carbons (Fsp3) is 0.263. The second-order valence-corrected chi connectivity index (χ2v) is 6.89. The van der Waals surface area contributed by atoms with Crippen LogP contribution < -0.4 is 10.6 Å². The minimum atomic E-state index is -0.217. The van der Waals surface area contributed by atoms with E-state index in [0.29, 0.717) is 13.0 Å². The molecule has 4 nitrogen and oxygen atoms in total. The standard InChI is InChI=1S/C19H19BrN2O2/c20-14-6-8-15(9-7-14)22-19(24)17-12-16(17)18(23)21-11-10-13-4-2-1-3-5-13/h1-9,16-17H,10-12H2,(H,21,23)(H,22,24). The van der Waals surface area contributed by atoms with E-state index in [9.17, 15) is 9.59 Å². The number of benzene rings is 2. The molecule has 2 N–H and O–H groups in total. The van der Waals surface area contributed by atoms with Crippen molar-refractivity contribution in [3.05, 3.63) is 64.6 Å². The minimum absolute atomic E-state index is 0.0260. The van der Waals surface area contributed by atoms with Crippen LogP contribution in [0.3, 0.4) is 0 Å². The van der Waals surface area contributed by atoms with Gasteiger partial charge in [-0.25, -0.2) is 0 Å². The molecule has 124 valence electrons. The van der Waals surface area contributed by atoms with E-state index < -0.39 is 0 Å². The van der Waals surface area contributed by atoms with E-state index in [4.69, 9.17) is 0 Å². The van der Waals surface area contributed by atoms with Crippen LogP contribution in [0.5, 0.6) is 0 Å². The molecule has 5 heteroatoms. The summed E-state index contributed by atoms with van der Waals surface area (Å²) >= 11 is 3.36. The Balaban J connectivity index is 1.41. The second kappa shape index (κ2) is 7.62. The number of hydrogen-bond donors (Lipinski definition) is 2. The normalized spacial score (nSPS) is 18.7. The molecule has 2 amide bonds. The lowest BCUT2D eigenvalue weighted by Gasteiger charge is -2.06. The lowest BCUT2D eigenvalue weighted by atomic mass is 10.1. The maximum atomic E-state index is 12.2. The Morgan fingerprint density at radius 2 is 1.62 bits per heavy atom. The SMILES string of the molecule is O=C(NCCc1ccccc1)C1CC1C(=O)Nc1ccc(Br)cc1. The summed E-state index contributed by atoms with van der Waals surface area (Å²) in [6.07, 6.45) is 1.43. The predicted octanol–water partition coefficient (Wildman–Crippen LogP) is 3.38. The molecule has 0 heterocycles. The summed E-state index contributed by atoms with van der Waals surface area (Å²) in [6.45, 7) is 0.598. The molecule has 2 atom stereocenters. The summed E-state index contributed by atoms with van der Waals surface area (Å²) in [4.78, 5) is 24.3. The van der Waals surface area contributed by atoms with E-state index in [1.165, 1.54) is 5.56 Å². The van der Waals surface area contributed by atoms with Gasteiger partial charge in [0, 0.05) is 16.7 Å². The van der Waals surface area contributed by atoms with Gasteiger partial charge in [-0.1, -0.05) is 46.3 Å². The van der Waals surface area contributed by atoms with E-state index in [1.54, 1.807) is 0 Å². The Morgan fingerprint density at radius 1 is 0.958 bits per heavy atom. The summed E-state index contributed by atoms with van der Waals surface area (Å²) in [5.74, 6) is -0.524. The summed E-state index contributed by atoms with van der Waals surface area (Å²) < 4.78 is 0.961. The monoisotopic (exact) mass is 386 g/mol. The van der Waals surface area contributed by atoms with Crippen LogP contribution in [-0.4, -0.2) is 18.4 Å². The van der Waals surface area contributed by atoms with Crippen LogP contribution >= 0.6 is 15.9 Å². The fourth-order valence-electron chi connectivity index (χ4n) is 2.65. The Hall–Kier alpha value is -2.14. The lowest BCUT2D eigenvalue weighted by Crippen LogP contribution is -2.29. The second-order valence-electron chi connectivity index (χ2n) is 5.97. The van der Waals surface area contributed by atoms with Crippen molar-refractivity contribution in [1.29, 1.82) is 0 Å². The first kappa shape index (κ1) is 16.7. The highest BCUT2D eigenvalue weighted by molar-refractivity contribution is 9.10. The highest BCUT2D eigenvalue weighted by atomic mass is 79.9. The first-order valence-corrected chi connectivity index (χ1v) is 8.81. The van der Waals surface area contributed by atoms with Crippen LogP contribution in [-0.2, 0) is 16.0 Å². The van der Waals surface area contributed by atoms with E-state index in [1.807, 2.05) is 54.6 Å². The molecule has 0 spiro atoms. The Morgan fingerprint density at radius 3 is 2.33 bits per heavy atom. The zero-order valence-electron chi connectivity index (χ0n) is 13.2. The molecule has 2 aromatic rings. The molecule has 0 bridgehead atoms. The smallest absolute Gasteiger partial charge is 0.228 e. The molecule has 0 radical (unpaired) electrons. The van der Waals surface area contributed by atoms with Crippen molar-refractivity contribution in [2.75, 3.05) is 11.9 Å². The quantitative estimate of drug-likeness (QED) is 0.799. The summed E-state index contributed by atoms with van der Waals surface area (Å²) in [5.41, 5.74) is 1.94. The molecule has 0 aliphatic heterocycles. The Kier molecular flexibility index (Phi) is 5.30. The summed E-state index contributed by atoms with van der Waals surface area (Å²) in [6, 6.07) is 17.4. The van der Waals surface area contributed by atoms with Crippen molar-refractivity contribution in [2.45, 2.75) is 12.8 Å². The van der Waals surface area contributed by atoms with Crippen LogP contribution in [0.25, 0.3) is 0 Å². The summed E-state index contributed by atoms with van der Waals surface area (Å²) in [7, 11) is 0. The molecule has 0 aromatic heterocycles. The van der Waals surface area contributed by atoms with Crippen molar-refractivity contribution in [2.24, 2.45) is 11.8 Å². The maximum Gasteiger partial charge on any atom is 0.228 e. The van der Waals surface area contributed by atoms with Crippen LogP contribution in [0.1, 0.15) is 12.0 Å².